The van der Waals surface area contributed by atoms with Gasteiger partial charge in [0.15, 0.2) is 0 Å². The molecule has 1 aromatic heterocycles. The van der Waals surface area contributed by atoms with Gasteiger partial charge < -0.3 is 14.7 Å². The highest BCUT2D eigenvalue weighted by molar-refractivity contribution is 5.92. The molecule has 2 aromatic rings. The van der Waals surface area contributed by atoms with Crippen LogP contribution in [0.5, 0.6) is 5.75 Å². The highest BCUT2D eigenvalue weighted by Gasteiger charge is 2.45. The van der Waals surface area contributed by atoms with Crippen molar-refractivity contribution in [2.45, 2.75) is 38.8 Å². The summed E-state index contributed by atoms with van der Waals surface area (Å²) in [6, 6.07) is 9.05. The first-order chi connectivity index (χ1) is 12.4. The Morgan fingerprint density at radius 2 is 1.92 bits per heavy atom. The number of carbonyl (C=O) groups excluding carboxylic acids is 1. The Balaban J connectivity index is 1.72. The number of hydrogen-bond acceptors (Lipinski definition) is 4. The summed E-state index contributed by atoms with van der Waals surface area (Å²) in [6.07, 6.45) is 2.23. The summed E-state index contributed by atoms with van der Waals surface area (Å²) in [5.41, 5.74) is -0.0442. The molecule has 7 nitrogen and oxygen atoms in total. The summed E-state index contributed by atoms with van der Waals surface area (Å²) in [4.78, 5) is 26.2. The lowest BCUT2D eigenvalue weighted by Gasteiger charge is -2.38. The van der Waals surface area contributed by atoms with Gasteiger partial charge >= 0.3 is 5.97 Å². The van der Waals surface area contributed by atoms with Crippen molar-refractivity contribution in [3.63, 3.8) is 0 Å². The van der Waals surface area contributed by atoms with E-state index in [2.05, 4.69) is 5.10 Å². The van der Waals surface area contributed by atoms with E-state index in [-0.39, 0.29) is 18.7 Å². The molecular formula is C19H23N3O4. The lowest BCUT2D eigenvalue weighted by molar-refractivity contribution is -0.159. The van der Waals surface area contributed by atoms with Gasteiger partial charge in [0.1, 0.15) is 11.4 Å². The molecule has 1 aliphatic heterocycles. The molecule has 0 radical (unpaired) electrons. The van der Waals surface area contributed by atoms with E-state index in [1.807, 2.05) is 32.0 Å². The molecule has 1 aromatic carbocycles. The third-order valence-corrected chi connectivity index (χ3v) is 4.83. The highest BCUT2D eigenvalue weighted by Crippen LogP contribution is 2.31. The molecule has 1 N–H and O–H groups in total. The normalized spacial score (nSPS) is 16.3. The summed E-state index contributed by atoms with van der Waals surface area (Å²) in [5.74, 6) is -0.605. The van der Waals surface area contributed by atoms with Crippen LogP contribution >= 0.6 is 0 Å². The number of hydrogen-bond donors (Lipinski definition) is 1. The average molecular weight is 357 g/mol. The van der Waals surface area contributed by atoms with Gasteiger partial charge in [0.05, 0.1) is 0 Å². The highest BCUT2D eigenvalue weighted by atomic mass is 16.5. The molecule has 2 heterocycles. The third kappa shape index (κ3) is 3.42. The zero-order valence-corrected chi connectivity index (χ0v) is 15.0. The molecule has 3 rings (SSSR count). The van der Waals surface area contributed by atoms with Gasteiger partial charge in [-0.3, -0.25) is 9.48 Å². The number of carboxylic acid groups (broad SMARTS) is 1. The quantitative estimate of drug-likeness (QED) is 0.888. The van der Waals surface area contributed by atoms with Gasteiger partial charge in [-0.25, -0.2) is 4.79 Å². The van der Waals surface area contributed by atoms with Crippen molar-refractivity contribution in [3.8, 4) is 5.75 Å². The van der Waals surface area contributed by atoms with Crippen LogP contribution in [0.1, 0.15) is 35.8 Å². The number of rotatable bonds is 5. The number of likely N-dealkylation sites (tertiary alicyclic amines) is 1. The number of aromatic nitrogens is 2. The molecule has 1 aliphatic rings. The minimum atomic E-state index is -1.31. The number of aliphatic carboxylic acids is 1. The summed E-state index contributed by atoms with van der Waals surface area (Å²) in [7, 11) is 0. The van der Waals surface area contributed by atoms with E-state index in [1.165, 1.54) is 0 Å². The van der Waals surface area contributed by atoms with E-state index < -0.39 is 11.6 Å². The number of nitrogens with zero attached hydrogens (tertiary/aromatic N) is 3. The molecule has 26 heavy (non-hydrogen) atoms. The number of para-hydroxylation sites is 1. The van der Waals surface area contributed by atoms with Crippen LogP contribution in [0.25, 0.3) is 0 Å². The van der Waals surface area contributed by atoms with Gasteiger partial charge in [-0.1, -0.05) is 18.2 Å². The van der Waals surface area contributed by atoms with Crippen LogP contribution in [-0.2, 0) is 11.3 Å². The fraction of sp³-hybridized carbons (Fsp3) is 0.421. The molecule has 0 bridgehead atoms. The van der Waals surface area contributed by atoms with E-state index in [0.717, 1.165) is 5.56 Å². The second-order valence-corrected chi connectivity index (χ2v) is 6.52. The number of benzene rings is 1. The number of aryl methyl sites for hydroxylation is 2. The zero-order valence-electron chi connectivity index (χ0n) is 15.0. The lowest BCUT2D eigenvalue weighted by atomic mass is 9.90. The minimum Gasteiger partial charge on any atom is -0.478 e. The molecule has 0 spiro atoms. The molecule has 0 saturated carbocycles. The zero-order chi connectivity index (χ0) is 18.7. The molecule has 0 atom stereocenters. The second kappa shape index (κ2) is 7.19. The monoisotopic (exact) mass is 357 g/mol. The number of carboxylic acids is 1. The van der Waals surface area contributed by atoms with Gasteiger partial charge in [0.2, 0.25) is 5.60 Å². The standard InChI is InChI=1S/C19H23N3O4/c1-3-22-11-8-15(20-22)17(23)21-12-9-19(10-13-21,18(24)25)26-16-7-5-4-6-14(16)2/h4-8,11H,3,9-10,12-13H2,1-2H3,(H,24,25). The van der Waals surface area contributed by atoms with Crippen LogP contribution in [0.2, 0.25) is 0 Å². The summed E-state index contributed by atoms with van der Waals surface area (Å²) in [5, 5.41) is 14.0. The van der Waals surface area contributed by atoms with Crippen molar-refractivity contribution in [3.05, 3.63) is 47.8 Å². The predicted octanol–water partition coefficient (Wildman–Crippen LogP) is 2.35. The number of amides is 1. The molecular weight excluding hydrogens is 334 g/mol. The first kappa shape index (κ1) is 18.0. The smallest absolute Gasteiger partial charge is 0.348 e. The molecule has 0 aliphatic carbocycles. The molecule has 0 unspecified atom stereocenters. The van der Waals surface area contributed by atoms with Crippen molar-refractivity contribution >= 4 is 11.9 Å². The summed E-state index contributed by atoms with van der Waals surface area (Å²) >= 11 is 0. The van der Waals surface area contributed by atoms with E-state index in [0.29, 0.717) is 31.1 Å². The van der Waals surface area contributed by atoms with Gasteiger partial charge in [-0.15, -0.1) is 0 Å². The number of ether oxygens (including phenoxy) is 1. The average Bonchev–Trinajstić information content (AvgIpc) is 3.13. The maximum Gasteiger partial charge on any atom is 0.348 e. The van der Waals surface area contributed by atoms with Gasteiger partial charge in [-0.05, 0) is 31.5 Å². The van der Waals surface area contributed by atoms with Crippen LogP contribution in [0.3, 0.4) is 0 Å². The van der Waals surface area contributed by atoms with E-state index in [4.69, 9.17) is 4.74 Å². The van der Waals surface area contributed by atoms with Gasteiger partial charge in [0.25, 0.3) is 5.91 Å². The molecule has 138 valence electrons. The fourth-order valence-corrected chi connectivity index (χ4v) is 3.13. The first-order valence-corrected chi connectivity index (χ1v) is 8.76. The van der Waals surface area contributed by atoms with Gasteiger partial charge in [0, 0.05) is 38.7 Å². The van der Waals surface area contributed by atoms with Gasteiger partial charge in [-0.2, -0.15) is 5.10 Å². The van der Waals surface area contributed by atoms with Crippen molar-refractivity contribution in [2.24, 2.45) is 0 Å². The Hall–Kier alpha value is -2.83. The molecule has 1 saturated heterocycles. The maximum absolute atomic E-state index is 12.6. The Kier molecular flexibility index (Phi) is 4.97. The maximum atomic E-state index is 12.6. The minimum absolute atomic E-state index is 0.174. The van der Waals surface area contributed by atoms with Crippen molar-refractivity contribution in [2.75, 3.05) is 13.1 Å². The van der Waals surface area contributed by atoms with Crippen LogP contribution in [0.15, 0.2) is 36.5 Å². The second-order valence-electron chi connectivity index (χ2n) is 6.52. The van der Waals surface area contributed by atoms with Crippen LogP contribution in [0, 0.1) is 6.92 Å². The SMILES string of the molecule is CCn1ccc(C(=O)N2CCC(Oc3ccccc3C)(C(=O)O)CC2)n1. The third-order valence-electron chi connectivity index (χ3n) is 4.83. The molecule has 1 fully saturated rings. The van der Waals surface area contributed by atoms with Crippen LogP contribution < -0.4 is 4.74 Å². The van der Waals surface area contributed by atoms with Crippen molar-refractivity contribution < 1.29 is 19.4 Å². The van der Waals surface area contributed by atoms with Crippen LogP contribution in [-0.4, -0.2) is 50.4 Å². The lowest BCUT2D eigenvalue weighted by Crippen LogP contribution is -2.54. The fourth-order valence-electron chi connectivity index (χ4n) is 3.13. The Labute approximate surface area is 152 Å². The largest absolute Gasteiger partial charge is 0.478 e. The summed E-state index contributed by atoms with van der Waals surface area (Å²) in [6.45, 7) is 5.16. The number of piperidine rings is 1. The Morgan fingerprint density at radius 1 is 1.23 bits per heavy atom. The van der Waals surface area contributed by atoms with Crippen molar-refractivity contribution in [1.82, 2.24) is 14.7 Å². The van der Waals surface area contributed by atoms with Crippen LogP contribution in [0.4, 0.5) is 0 Å². The Bertz CT molecular complexity index is 807. The number of carbonyl (C=O) groups is 2. The topological polar surface area (TPSA) is 84.7 Å². The molecule has 7 heteroatoms. The molecule has 1 amide bonds. The van der Waals surface area contributed by atoms with E-state index in [1.54, 1.807) is 27.9 Å². The predicted molar refractivity (Wildman–Crippen MR) is 95.2 cm³/mol. The Morgan fingerprint density at radius 3 is 2.50 bits per heavy atom. The first-order valence-electron chi connectivity index (χ1n) is 8.76. The van der Waals surface area contributed by atoms with Crippen molar-refractivity contribution in [1.29, 1.82) is 0 Å². The van der Waals surface area contributed by atoms with E-state index in [9.17, 15) is 14.7 Å². The van der Waals surface area contributed by atoms with E-state index >= 15 is 0 Å². The summed E-state index contributed by atoms with van der Waals surface area (Å²) < 4.78 is 7.63.